The summed E-state index contributed by atoms with van der Waals surface area (Å²) in [6.45, 7) is 6.09. The molecule has 1 aliphatic carbocycles. The summed E-state index contributed by atoms with van der Waals surface area (Å²) < 4.78 is 1.98. The predicted octanol–water partition coefficient (Wildman–Crippen LogP) is 1.79. The molecule has 1 aromatic heterocycles. The molecule has 16 heavy (non-hydrogen) atoms. The van der Waals surface area contributed by atoms with Crippen molar-refractivity contribution in [2.24, 2.45) is 5.92 Å². The van der Waals surface area contributed by atoms with Crippen molar-refractivity contribution in [1.82, 2.24) is 20.1 Å². The minimum absolute atomic E-state index is 0.367. The molecule has 90 valence electrons. The van der Waals surface area contributed by atoms with Gasteiger partial charge in [-0.2, -0.15) is 5.10 Å². The van der Waals surface area contributed by atoms with Gasteiger partial charge in [0.2, 0.25) is 0 Å². The van der Waals surface area contributed by atoms with Crippen LogP contribution in [0.2, 0.25) is 0 Å². The Morgan fingerprint density at radius 2 is 2.31 bits per heavy atom. The average molecular weight is 243 g/mol. The number of hydrogen-bond donors (Lipinski definition) is 1. The van der Waals surface area contributed by atoms with E-state index < -0.39 is 0 Å². The molecule has 1 heterocycles. The summed E-state index contributed by atoms with van der Waals surface area (Å²) in [4.78, 5) is 4.27. The van der Waals surface area contributed by atoms with Crippen molar-refractivity contribution >= 4 is 11.6 Å². The molecule has 0 bridgehead atoms. The first-order valence-corrected chi connectivity index (χ1v) is 6.33. The van der Waals surface area contributed by atoms with Crippen molar-refractivity contribution in [1.29, 1.82) is 0 Å². The lowest BCUT2D eigenvalue weighted by Crippen LogP contribution is -2.41. The first kappa shape index (κ1) is 11.9. The van der Waals surface area contributed by atoms with Gasteiger partial charge in [0.1, 0.15) is 12.2 Å². The summed E-state index contributed by atoms with van der Waals surface area (Å²) >= 11 is 5.93. The Bertz CT molecular complexity index is 330. The quantitative estimate of drug-likeness (QED) is 0.801. The lowest BCUT2D eigenvalue weighted by atomic mass is 9.92. The van der Waals surface area contributed by atoms with Crippen LogP contribution in [0.4, 0.5) is 0 Å². The summed E-state index contributed by atoms with van der Waals surface area (Å²) in [5, 5.41) is 8.06. The maximum absolute atomic E-state index is 5.93. The van der Waals surface area contributed by atoms with E-state index in [4.69, 9.17) is 11.6 Å². The Balaban J connectivity index is 1.82. The summed E-state index contributed by atoms with van der Waals surface area (Å²) in [7, 11) is 0. The second kappa shape index (κ2) is 5.15. The predicted molar refractivity (Wildman–Crippen MR) is 64.4 cm³/mol. The number of alkyl halides is 1. The number of hydrogen-bond acceptors (Lipinski definition) is 3. The lowest BCUT2D eigenvalue weighted by Gasteiger charge is -2.31. The van der Waals surface area contributed by atoms with Crippen LogP contribution in [0.5, 0.6) is 0 Å². The van der Waals surface area contributed by atoms with E-state index >= 15 is 0 Å². The molecule has 0 aliphatic heterocycles. The average Bonchev–Trinajstić information content (AvgIpc) is 2.57. The highest BCUT2D eigenvalue weighted by Crippen LogP contribution is 2.25. The molecule has 1 aromatic rings. The van der Waals surface area contributed by atoms with Crippen LogP contribution < -0.4 is 5.32 Å². The summed E-state index contributed by atoms with van der Waals surface area (Å²) in [5.74, 6) is 1.61. The van der Waals surface area contributed by atoms with Crippen LogP contribution in [-0.4, -0.2) is 26.2 Å². The number of nitrogens with zero attached hydrogens (tertiary/aromatic N) is 3. The fraction of sp³-hybridized carbons (Fsp3) is 0.818. The highest BCUT2D eigenvalue weighted by molar-refractivity contribution is 6.21. The second-order valence-electron chi connectivity index (χ2n) is 4.90. The monoisotopic (exact) mass is 242 g/mol. The van der Waals surface area contributed by atoms with Gasteiger partial charge in [-0.25, -0.2) is 9.67 Å². The smallest absolute Gasteiger partial charge is 0.140 e. The summed E-state index contributed by atoms with van der Waals surface area (Å²) in [6, 6.07) is 0.562. The van der Waals surface area contributed by atoms with E-state index in [1.54, 1.807) is 6.33 Å². The highest BCUT2D eigenvalue weighted by atomic mass is 35.5. The van der Waals surface area contributed by atoms with Gasteiger partial charge in [-0.1, -0.05) is 13.8 Å². The standard InChI is InChI=1S/C11H19ClN4/c1-8(2)6-16-11(14-7-15-16)5-13-10-3-9(12)4-10/h7-10,13H,3-6H2,1-2H3. The van der Waals surface area contributed by atoms with E-state index in [9.17, 15) is 0 Å². The van der Waals surface area contributed by atoms with Crippen molar-refractivity contribution < 1.29 is 0 Å². The molecule has 0 saturated heterocycles. The molecule has 0 radical (unpaired) electrons. The zero-order valence-electron chi connectivity index (χ0n) is 9.86. The van der Waals surface area contributed by atoms with Crippen molar-refractivity contribution in [3.05, 3.63) is 12.2 Å². The molecular weight excluding hydrogens is 224 g/mol. The minimum Gasteiger partial charge on any atom is -0.307 e. The van der Waals surface area contributed by atoms with Gasteiger partial charge in [0.15, 0.2) is 0 Å². The first-order valence-electron chi connectivity index (χ1n) is 5.89. The molecule has 4 nitrogen and oxygen atoms in total. The Morgan fingerprint density at radius 1 is 1.56 bits per heavy atom. The van der Waals surface area contributed by atoms with Crippen LogP contribution in [0.15, 0.2) is 6.33 Å². The van der Waals surface area contributed by atoms with E-state index in [1.165, 1.54) is 0 Å². The Morgan fingerprint density at radius 3 is 2.94 bits per heavy atom. The van der Waals surface area contributed by atoms with Crippen LogP contribution in [0.3, 0.4) is 0 Å². The molecule has 0 aromatic carbocycles. The normalized spacial score (nSPS) is 24.8. The topological polar surface area (TPSA) is 42.7 Å². The maximum Gasteiger partial charge on any atom is 0.140 e. The van der Waals surface area contributed by atoms with Crippen molar-refractivity contribution in [3.63, 3.8) is 0 Å². The van der Waals surface area contributed by atoms with Crippen LogP contribution >= 0.6 is 11.6 Å². The molecule has 1 aliphatic rings. The van der Waals surface area contributed by atoms with Crippen molar-refractivity contribution in [3.8, 4) is 0 Å². The van der Waals surface area contributed by atoms with E-state index in [0.717, 1.165) is 31.8 Å². The fourth-order valence-corrected chi connectivity index (χ4v) is 2.30. The second-order valence-corrected chi connectivity index (χ2v) is 5.52. The minimum atomic E-state index is 0.367. The van der Waals surface area contributed by atoms with Gasteiger partial charge in [0, 0.05) is 18.0 Å². The van der Waals surface area contributed by atoms with Gasteiger partial charge in [0.05, 0.1) is 6.54 Å². The van der Waals surface area contributed by atoms with Gasteiger partial charge >= 0.3 is 0 Å². The van der Waals surface area contributed by atoms with Crippen LogP contribution in [0, 0.1) is 5.92 Å². The summed E-state index contributed by atoms with van der Waals surface area (Å²) in [5.41, 5.74) is 0. The molecule has 1 fully saturated rings. The Labute approximate surface area is 101 Å². The molecule has 1 saturated carbocycles. The van der Waals surface area contributed by atoms with Gasteiger partial charge in [-0.05, 0) is 18.8 Å². The molecule has 5 heteroatoms. The number of rotatable bonds is 5. The SMILES string of the molecule is CC(C)Cn1ncnc1CNC1CC(Cl)C1. The molecule has 2 rings (SSSR count). The lowest BCUT2D eigenvalue weighted by molar-refractivity contribution is 0.336. The Kier molecular flexibility index (Phi) is 3.82. The fourth-order valence-electron chi connectivity index (χ4n) is 1.87. The highest BCUT2D eigenvalue weighted by Gasteiger charge is 2.26. The first-order chi connectivity index (χ1) is 7.65. The third kappa shape index (κ3) is 2.95. The zero-order valence-corrected chi connectivity index (χ0v) is 10.6. The molecule has 0 atom stereocenters. The van der Waals surface area contributed by atoms with E-state index in [2.05, 4.69) is 29.2 Å². The van der Waals surface area contributed by atoms with E-state index in [0.29, 0.717) is 17.3 Å². The number of nitrogens with one attached hydrogen (secondary N) is 1. The third-order valence-electron chi connectivity index (χ3n) is 2.86. The maximum atomic E-state index is 5.93. The van der Waals surface area contributed by atoms with Gasteiger partial charge in [0.25, 0.3) is 0 Å². The molecule has 0 spiro atoms. The van der Waals surface area contributed by atoms with Crippen molar-refractivity contribution in [2.75, 3.05) is 0 Å². The van der Waals surface area contributed by atoms with Crippen LogP contribution in [-0.2, 0) is 13.1 Å². The summed E-state index contributed by atoms with van der Waals surface area (Å²) in [6.07, 6.45) is 3.77. The zero-order chi connectivity index (χ0) is 11.5. The molecule has 0 unspecified atom stereocenters. The van der Waals surface area contributed by atoms with Gasteiger partial charge in [-0.3, -0.25) is 0 Å². The number of halogens is 1. The largest absolute Gasteiger partial charge is 0.307 e. The van der Waals surface area contributed by atoms with E-state index in [-0.39, 0.29) is 0 Å². The Hall–Kier alpha value is -0.610. The van der Waals surface area contributed by atoms with E-state index in [1.807, 2.05) is 4.68 Å². The molecular formula is C11H19ClN4. The van der Waals surface area contributed by atoms with Crippen LogP contribution in [0.1, 0.15) is 32.5 Å². The molecule has 1 N–H and O–H groups in total. The van der Waals surface area contributed by atoms with Gasteiger partial charge < -0.3 is 5.32 Å². The van der Waals surface area contributed by atoms with Crippen LogP contribution in [0.25, 0.3) is 0 Å². The van der Waals surface area contributed by atoms with Gasteiger partial charge in [-0.15, -0.1) is 11.6 Å². The third-order valence-corrected chi connectivity index (χ3v) is 3.22. The van der Waals surface area contributed by atoms with Crippen molar-refractivity contribution in [2.45, 2.75) is 51.2 Å². The number of aromatic nitrogens is 3. The molecule has 0 amide bonds.